The Kier molecular flexibility index (Phi) is 5.43. The summed E-state index contributed by atoms with van der Waals surface area (Å²) in [7, 11) is 0. The summed E-state index contributed by atoms with van der Waals surface area (Å²) in [4.78, 5) is 0. The molecule has 0 unspecified atom stereocenters. The van der Waals surface area contributed by atoms with Crippen molar-refractivity contribution in [3.8, 4) is 11.5 Å². The molecule has 2 aromatic carbocycles. The molecular formula is C17H20INO. The number of nitrogens with one attached hydrogen (secondary N) is 1. The Morgan fingerprint density at radius 2 is 1.70 bits per heavy atom. The van der Waals surface area contributed by atoms with Gasteiger partial charge in [0.05, 0.1) is 0 Å². The molecule has 3 heteroatoms. The summed E-state index contributed by atoms with van der Waals surface area (Å²) < 4.78 is 7.08. The summed E-state index contributed by atoms with van der Waals surface area (Å²) in [5, 5.41) is 3.44. The third-order valence-corrected chi connectivity index (χ3v) is 3.78. The summed E-state index contributed by atoms with van der Waals surface area (Å²) in [5.74, 6) is 1.76. The fourth-order valence-corrected chi connectivity index (χ4v) is 2.24. The smallest absolute Gasteiger partial charge is 0.127 e. The molecule has 1 N–H and O–H groups in total. The zero-order chi connectivity index (χ0) is 14.5. The lowest BCUT2D eigenvalue weighted by Gasteiger charge is -2.12. The number of hydrogen-bond acceptors (Lipinski definition) is 2. The first-order valence-electron chi connectivity index (χ1n) is 6.81. The third-order valence-electron chi connectivity index (χ3n) is 3.06. The Morgan fingerprint density at radius 1 is 1.05 bits per heavy atom. The number of hydrogen-bond donors (Lipinski definition) is 1. The van der Waals surface area contributed by atoms with E-state index in [1.165, 1.54) is 14.7 Å². The second-order valence-electron chi connectivity index (χ2n) is 5.18. The summed E-state index contributed by atoms with van der Waals surface area (Å²) in [5.41, 5.74) is 2.56. The molecule has 0 atom stereocenters. The maximum Gasteiger partial charge on any atom is 0.127 e. The van der Waals surface area contributed by atoms with E-state index in [-0.39, 0.29) is 0 Å². The van der Waals surface area contributed by atoms with Crippen LogP contribution in [0.3, 0.4) is 0 Å². The van der Waals surface area contributed by atoms with Gasteiger partial charge in [0.15, 0.2) is 0 Å². The van der Waals surface area contributed by atoms with E-state index in [0.717, 1.165) is 18.0 Å². The van der Waals surface area contributed by atoms with Gasteiger partial charge in [0.2, 0.25) is 0 Å². The normalized spacial score (nSPS) is 10.8. The summed E-state index contributed by atoms with van der Waals surface area (Å²) in [6.07, 6.45) is 0. The van der Waals surface area contributed by atoms with Crippen LogP contribution in [0.15, 0.2) is 42.5 Å². The predicted molar refractivity (Wildman–Crippen MR) is 92.4 cm³/mol. The minimum Gasteiger partial charge on any atom is -0.457 e. The first-order valence-corrected chi connectivity index (χ1v) is 7.89. The van der Waals surface area contributed by atoms with Crippen LogP contribution in [0.25, 0.3) is 0 Å². The van der Waals surface area contributed by atoms with Gasteiger partial charge in [-0.25, -0.2) is 0 Å². The average molecular weight is 381 g/mol. The molecule has 0 aromatic heterocycles. The van der Waals surface area contributed by atoms with Gasteiger partial charge in [0.1, 0.15) is 11.5 Å². The molecule has 0 amide bonds. The van der Waals surface area contributed by atoms with Crippen LogP contribution in [0.4, 0.5) is 0 Å². The number of rotatable bonds is 5. The van der Waals surface area contributed by atoms with Gasteiger partial charge in [0.25, 0.3) is 0 Å². The fourth-order valence-electron chi connectivity index (χ4n) is 1.88. The van der Waals surface area contributed by atoms with Gasteiger partial charge in [-0.05, 0) is 77.0 Å². The van der Waals surface area contributed by atoms with Crippen molar-refractivity contribution in [2.75, 3.05) is 0 Å². The Morgan fingerprint density at radius 3 is 2.30 bits per heavy atom. The molecule has 106 valence electrons. The summed E-state index contributed by atoms with van der Waals surface area (Å²) in [6.45, 7) is 7.33. The largest absolute Gasteiger partial charge is 0.457 e. The van der Waals surface area contributed by atoms with Crippen molar-refractivity contribution in [3.05, 3.63) is 57.2 Å². The zero-order valence-corrected chi connectivity index (χ0v) is 14.3. The highest BCUT2D eigenvalue weighted by Crippen LogP contribution is 2.24. The lowest BCUT2D eigenvalue weighted by molar-refractivity contribution is 0.481. The second kappa shape index (κ2) is 7.09. The Balaban J connectivity index is 2.06. The molecular weight excluding hydrogens is 361 g/mol. The van der Waals surface area contributed by atoms with E-state index < -0.39 is 0 Å². The van der Waals surface area contributed by atoms with Crippen LogP contribution >= 0.6 is 22.6 Å². The van der Waals surface area contributed by atoms with Crippen molar-refractivity contribution >= 4 is 22.6 Å². The number of benzene rings is 2. The molecule has 0 saturated heterocycles. The van der Waals surface area contributed by atoms with E-state index in [0.29, 0.717) is 6.04 Å². The summed E-state index contributed by atoms with van der Waals surface area (Å²) in [6, 6.07) is 14.8. The van der Waals surface area contributed by atoms with Gasteiger partial charge in [-0.15, -0.1) is 0 Å². The van der Waals surface area contributed by atoms with Gasteiger partial charge in [0, 0.05) is 16.2 Å². The maximum atomic E-state index is 5.87. The van der Waals surface area contributed by atoms with E-state index in [2.05, 4.69) is 60.8 Å². The third kappa shape index (κ3) is 4.49. The monoisotopic (exact) mass is 381 g/mol. The topological polar surface area (TPSA) is 21.3 Å². The van der Waals surface area contributed by atoms with Crippen molar-refractivity contribution in [2.45, 2.75) is 33.4 Å². The molecule has 2 aromatic rings. The Hall–Kier alpha value is -1.07. The quantitative estimate of drug-likeness (QED) is 0.745. The summed E-state index contributed by atoms with van der Waals surface area (Å²) >= 11 is 2.29. The highest BCUT2D eigenvalue weighted by molar-refractivity contribution is 14.1. The SMILES string of the molecule is Cc1cc(Oc2ccc(I)cc2)ccc1CNC(C)C. The first-order chi connectivity index (χ1) is 9.54. The molecule has 0 bridgehead atoms. The van der Waals surface area contributed by atoms with Crippen LogP contribution in [-0.2, 0) is 6.54 Å². The van der Waals surface area contributed by atoms with Crippen LogP contribution in [0.1, 0.15) is 25.0 Å². The molecule has 0 radical (unpaired) electrons. The standard InChI is InChI=1S/C17H20INO/c1-12(2)19-11-14-4-7-17(10-13(14)3)20-16-8-5-15(18)6-9-16/h4-10,12,19H,11H2,1-3H3. The van der Waals surface area contributed by atoms with Crippen LogP contribution in [0.5, 0.6) is 11.5 Å². The molecule has 0 fully saturated rings. The Labute approximate surface area is 134 Å². The van der Waals surface area contributed by atoms with Crippen molar-refractivity contribution in [1.29, 1.82) is 0 Å². The highest BCUT2D eigenvalue weighted by atomic mass is 127. The van der Waals surface area contributed by atoms with Gasteiger partial charge in [-0.2, -0.15) is 0 Å². The van der Waals surface area contributed by atoms with E-state index in [1.54, 1.807) is 0 Å². The molecule has 0 aliphatic heterocycles. The number of aryl methyl sites for hydroxylation is 1. The minimum absolute atomic E-state index is 0.497. The molecule has 0 aliphatic carbocycles. The minimum atomic E-state index is 0.497. The maximum absolute atomic E-state index is 5.87. The second-order valence-corrected chi connectivity index (χ2v) is 6.43. The molecule has 0 heterocycles. The first kappa shape index (κ1) is 15.3. The number of halogens is 1. The average Bonchev–Trinajstić information content (AvgIpc) is 2.40. The molecule has 2 nitrogen and oxygen atoms in total. The van der Waals surface area contributed by atoms with Gasteiger partial charge in [-0.3, -0.25) is 0 Å². The van der Waals surface area contributed by atoms with Crippen LogP contribution < -0.4 is 10.1 Å². The molecule has 0 spiro atoms. The zero-order valence-electron chi connectivity index (χ0n) is 12.1. The van der Waals surface area contributed by atoms with Crippen molar-refractivity contribution in [1.82, 2.24) is 5.32 Å². The van der Waals surface area contributed by atoms with E-state index in [1.807, 2.05) is 30.3 Å². The van der Waals surface area contributed by atoms with Gasteiger partial charge < -0.3 is 10.1 Å². The fraction of sp³-hybridized carbons (Fsp3) is 0.294. The Bertz CT molecular complexity index is 564. The van der Waals surface area contributed by atoms with Crippen molar-refractivity contribution in [3.63, 3.8) is 0 Å². The van der Waals surface area contributed by atoms with Crippen molar-refractivity contribution < 1.29 is 4.74 Å². The van der Waals surface area contributed by atoms with E-state index in [9.17, 15) is 0 Å². The van der Waals surface area contributed by atoms with Gasteiger partial charge >= 0.3 is 0 Å². The number of ether oxygens (including phenoxy) is 1. The van der Waals surface area contributed by atoms with Crippen LogP contribution in [0.2, 0.25) is 0 Å². The molecule has 0 saturated carbocycles. The lowest BCUT2D eigenvalue weighted by Crippen LogP contribution is -2.22. The van der Waals surface area contributed by atoms with Crippen molar-refractivity contribution in [2.24, 2.45) is 0 Å². The van der Waals surface area contributed by atoms with Gasteiger partial charge in [-0.1, -0.05) is 19.9 Å². The van der Waals surface area contributed by atoms with E-state index >= 15 is 0 Å². The predicted octanol–water partition coefficient (Wildman–Crippen LogP) is 4.89. The lowest BCUT2D eigenvalue weighted by atomic mass is 10.1. The van der Waals surface area contributed by atoms with Crippen LogP contribution in [0, 0.1) is 10.5 Å². The molecule has 2 rings (SSSR count). The van der Waals surface area contributed by atoms with Crippen LogP contribution in [-0.4, -0.2) is 6.04 Å². The highest BCUT2D eigenvalue weighted by Gasteiger charge is 2.03. The molecule has 20 heavy (non-hydrogen) atoms. The van der Waals surface area contributed by atoms with E-state index in [4.69, 9.17) is 4.74 Å². The molecule has 0 aliphatic rings.